The van der Waals surface area contributed by atoms with Gasteiger partial charge in [-0.05, 0) is 12.1 Å². The first kappa shape index (κ1) is 9.45. The van der Waals surface area contributed by atoms with Gasteiger partial charge in [-0.2, -0.15) is 0 Å². The molecule has 0 saturated heterocycles. The van der Waals surface area contributed by atoms with Gasteiger partial charge in [0.15, 0.2) is 0 Å². The van der Waals surface area contributed by atoms with Gasteiger partial charge in [-0.1, -0.05) is 6.07 Å². The summed E-state index contributed by atoms with van der Waals surface area (Å²) in [5.74, 6) is -0.618. The van der Waals surface area contributed by atoms with Crippen molar-refractivity contribution in [2.75, 3.05) is 7.11 Å². The molecule has 15 heavy (non-hydrogen) atoms. The second-order valence-corrected chi connectivity index (χ2v) is 3.05. The zero-order chi connectivity index (χ0) is 10.8. The van der Waals surface area contributed by atoms with Crippen LogP contribution >= 0.6 is 0 Å². The Bertz CT molecular complexity index is 522. The summed E-state index contributed by atoms with van der Waals surface area (Å²) in [6.45, 7) is 0. The van der Waals surface area contributed by atoms with Gasteiger partial charge >= 0.3 is 5.97 Å². The maximum atomic E-state index is 10.9. The number of ether oxygens (including phenoxy) is 1. The molecule has 1 heterocycles. The summed E-state index contributed by atoms with van der Waals surface area (Å²) >= 11 is 0. The number of pyridine rings is 1. The number of rotatable bonds is 2. The second-order valence-electron chi connectivity index (χ2n) is 3.05. The van der Waals surface area contributed by atoms with Crippen molar-refractivity contribution in [1.29, 1.82) is 0 Å². The number of benzene rings is 1. The van der Waals surface area contributed by atoms with Crippen molar-refractivity contribution in [3.8, 4) is 5.75 Å². The fourth-order valence-corrected chi connectivity index (χ4v) is 1.53. The van der Waals surface area contributed by atoms with Crippen LogP contribution in [0, 0.1) is 0 Å². The lowest BCUT2D eigenvalue weighted by atomic mass is 10.1. The summed E-state index contributed by atoms with van der Waals surface area (Å²) in [6.07, 6.45) is 3.28. The monoisotopic (exact) mass is 203 g/mol. The van der Waals surface area contributed by atoms with E-state index in [9.17, 15) is 4.79 Å². The summed E-state index contributed by atoms with van der Waals surface area (Å²) in [5.41, 5.74) is 0.163. The zero-order valence-electron chi connectivity index (χ0n) is 8.10. The molecule has 2 aromatic rings. The van der Waals surface area contributed by atoms with Gasteiger partial charge in [0.05, 0.1) is 7.11 Å². The van der Waals surface area contributed by atoms with Crippen LogP contribution < -0.4 is 4.74 Å². The Morgan fingerprint density at radius 1 is 1.40 bits per heavy atom. The first-order valence-electron chi connectivity index (χ1n) is 4.38. The average molecular weight is 203 g/mol. The van der Waals surface area contributed by atoms with E-state index in [-0.39, 0.29) is 5.56 Å². The molecule has 0 atom stereocenters. The van der Waals surface area contributed by atoms with Crippen LogP contribution in [0.1, 0.15) is 10.4 Å². The lowest BCUT2D eigenvalue weighted by Gasteiger charge is -2.07. The summed E-state index contributed by atoms with van der Waals surface area (Å²) in [5, 5.41) is 10.6. The highest BCUT2D eigenvalue weighted by atomic mass is 16.5. The number of carboxylic acids is 1. The van der Waals surface area contributed by atoms with Crippen LogP contribution in [-0.4, -0.2) is 23.2 Å². The van der Waals surface area contributed by atoms with E-state index < -0.39 is 5.97 Å². The Balaban J connectivity index is 2.81. The summed E-state index contributed by atoms with van der Waals surface area (Å²) in [4.78, 5) is 14.9. The highest BCUT2D eigenvalue weighted by molar-refractivity contribution is 6.00. The molecule has 1 aromatic carbocycles. The van der Waals surface area contributed by atoms with Crippen LogP contribution in [0.5, 0.6) is 5.75 Å². The first-order valence-corrected chi connectivity index (χ1v) is 4.38. The van der Waals surface area contributed by atoms with Gasteiger partial charge < -0.3 is 9.84 Å². The molecule has 76 valence electrons. The van der Waals surface area contributed by atoms with Crippen molar-refractivity contribution in [3.05, 3.63) is 36.2 Å². The summed E-state index contributed by atoms with van der Waals surface area (Å²) in [6, 6.07) is 4.97. The summed E-state index contributed by atoms with van der Waals surface area (Å²) < 4.78 is 5.11. The van der Waals surface area contributed by atoms with Gasteiger partial charge in [0, 0.05) is 23.2 Å². The molecule has 0 bridgehead atoms. The molecule has 1 N–H and O–H groups in total. The molecular formula is C11H9NO3. The van der Waals surface area contributed by atoms with E-state index in [0.717, 1.165) is 10.8 Å². The number of carbonyl (C=O) groups is 1. The van der Waals surface area contributed by atoms with Gasteiger partial charge in [-0.15, -0.1) is 0 Å². The lowest BCUT2D eigenvalue weighted by molar-refractivity contribution is 0.0693. The standard InChI is InChI=1S/C11H9NO3/c1-15-10-8-4-5-12-6-7(8)2-3-9(10)11(13)14/h2-6H,1H3,(H,13,14). The number of carboxylic acid groups (broad SMARTS) is 1. The Morgan fingerprint density at radius 2 is 2.20 bits per heavy atom. The number of fused-ring (bicyclic) bond motifs is 1. The first-order chi connectivity index (χ1) is 7.24. The molecular weight excluding hydrogens is 194 g/mol. The number of nitrogens with zero attached hydrogens (tertiary/aromatic N) is 1. The second kappa shape index (κ2) is 3.57. The SMILES string of the molecule is COc1c(C(=O)O)ccc2cnccc12. The fourth-order valence-electron chi connectivity index (χ4n) is 1.53. The highest BCUT2D eigenvalue weighted by Gasteiger charge is 2.13. The molecule has 0 saturated carbocycles. The minimum atomic E-state index is -0.995. The van der Waals surface area contributed by atoms with E-state index >= 15 is 0 Å². The Kier molecular flexibility index (Phi) is 2.25. The van der Waals surface area contributed by atoms with E-state index in [1.807, 2.05) is 0 Å². The van der Waals surface area contributed by atoms with E-state index in [2.05, 4.69) is 4.98 Å². The van der Waals surface area contributed by atoms with Crippen molar-refractivity contribution in [2.24, 2.45) is 0 Å². The minimum Gasteiger partial charge on any atom is -0.495 e. The van der Waals surface area contributed by atoms with Gasteiger partial charge in [0.25, 0.3) is 0 Å². The molecule has 0 unspecified atom stereocenters. The van der Waals surface area contributed by atoms with Crippen LogP contribution in [0.4, 0.5) is 0 Å². The third-order valence-electron chi connectivity index (χ3n) is 2.21. The maximum Gasteiger partial charge on any atom is 0.339 e. The molecule has 0 aliphatic heterocycles. The number of hydrogen-bond acceptors (Lipinski definition) is 3. The maximum absolute atomic E-state index is 10.9. The van der Waals surface area contributed by atoms with Crippen LogP contribution in [0.2, 0.25) is 0 Å². The van der Waals surface area contributed by atoms with Crippen LogP contribution in [0.3, 0.4) is 0 Å². The average Bonchev–Trinajstić information content (AvgIpc) is 2.27. The van der Waals surface area contributed by atoms with Crippen molar-refractivity contribution < 1.29 is 14.6 Å². The third-order valence-corrected chi connectivity index (χ3v) is 2.21. The van der Waals surface area contributed by atoms with Gasteiger partial charge in [0.2, 0.25) is 0 Å². The quantitative estimate of drug-likeness (QED) is 0.810. The van der Waals surface area contributed by atoms with E-state index in [0.29, 0.717) is 5.75 Å². The third kappa shape index (κ3) is 1.50. The predicted molar refractivity (Wildman–Crippen MR) is 55.3 cm³/mol. The van der Waals surface area contributed by atoms with Gasteiger partial charge in [-0.3, -0.25) is 4.98 Å². The predicted octanol–water partition coefficient (Wildman–Crippen LogP) is 1.94. The van der Waals surface area contributed by atoms with E-state index in [4.69, 9.17) is 9.84 Å². The van der Waals surface area contributed by atoms with Crippen LogP contribution in [-0.2, 0) is 0 Å². The van der Waals surface area contributed by atoms with Crippen molar-refractivity contribution in [1.82, 2.24) is 4.98 Å². The molecule has 0 aliphatic carbocycles. The molecule has 4 heteroatoms. The van der Waals surface area contributed by atoms with Crippen molar-refractivity contribution in [2.45, 2.75) is 0 Å². The van der Waals surface area contributed by atoms with Crippen LogP contribution in [0.15, 0.2) is 30.6 Å². The highest BCUT2D eigenvalue weighted by Crippen LogP contribution is 2.28. The number of methoxy groups -OCH3 is 1. The van der Waals surface area contributed by atoms with Crippen molar-refractivity contribution in [3.63, 3.8) is 0 Å². The van der Waals surface area contributed by atoms with E-state index in [1.54, 1.807) is 24.5 Å². The van der Waals surface area contributed by atoms with Gasteiger partial charge in [-0.25, -0.2) is 4.79 Å². The van der Waals surface area contributed by atoms with Crippen molar-refractivity contribution >= 4 is 16.7 Å². The molecule has 0 fully saturated rings. The number of aromatic carboxylic acids is 1. The molecule has 2 rings (SSSR count). The zero-order valence-corrected chi connectivity index (χ0v) is 8.10. The van der Waals surface area contributed by atoms with Gasteiger partial charge in [0.1, 0.15) is 11.3 Å². The molecule has 0 aliphatic rings. The molecule has 0 spiro atoms. The molecule has 0 amide bonds. The number of aromatic nitrogens is 1. The largest absolute Gasteiger partial charge is 0.495 e. The molecule has 1 aromatic heterocycles. The Labute approximate surface area is 86.1 Å². The normalized spacial score (nSPS) is 10.2. The van der Waals surface area contributed by atoms with Crippen LogP contribution in [0.25, 0.3) is 10.8 Å². The molecule has 4 nitrogen and oxygen atoms in total. The smallest absolute Gasteiger partial charge is 0.339 e. The Hall–Kier alpha value is -2.10. The minimum absolute atomic E-state index is 0.163. The lowest BCUT2D eigenvalue weighted by Crippen LogP contribution is -2.00. The molecule has 0 radical (unpaired) electrons. The topological polar surface area (TPSA) is 59.4 Å². The summed E-state index contributed by atoms with van der Waals surface area (Å²) in [7, 11) is 1.46. The Morgan fingerprint density at radius 3 is 2.87 bits per heavy atom. The number of hydrogen-bond donors (Lipinski definition) is 1. The fraction of sp³-hybridized carbons (Fsp3) is 0.0909. The van der Waals surface area contributed by atoms with E-state index in [1.165, 1.54) is 13.2 Å².